The van der Waals surface area contributed by atoms with Gasteiger partial charge in [0.15, 0.2) is 17.3 Å². The molecule has 1 aromatic heterocycles. The van der Waals surface area contributed by atoms with Gasteiger partial charge in [0.2, 0.25) is 5.91 Å². The normalized spacial score (nSPS) is 14.0. The highest BCUT2D eigenvalue weighted by molar-refractivity contribution is 7.10. The largest absolute Gasteiger partial charge is 0.486 e. The molecule has 0 fully saturated rings. The molecule has 0 aliphatic carbocycles. The van der Waals surface area contributed by atoms with Crippen LogP contribution in [0.1, 0.15) is 54.4 Å². The highest BCUT2D eigenvalue weighted by Crippen LogP contribution is 2.31. The molecule has 1 unspecified atom stereocenters. The first-order chi connectivity index (χ1) is 13.0. The van der Waals surface area contributed by atoms with E-state index in [1.54, 1.807) is 29.5 Å². The standard InChI is InChI=1S/C21H25NO4S/c1-14(2)12-16(20-4-3-11-27-20)22-21(24)8-6-17(23)15-5-7-18-19(13-15)26-10-9-25-18/h3-5,7,11,13-14,16H,6,8-10,12H2,1-2H3,(H,22,24). The Bertz CT molecular complexity index is 785. The van der Waals surface area contributed by atoms with Crippen molar-refractivity contribution >= 4 is 23.0 Å². The summed E-state index contributed by atoms with van der Waals surface area (Å²) in [7, 11) is 0. The lowest BCUT2D eigenvalue weighted by atomic mass is 10.0. The predicted octanol–water partition coefficient (Wildman–Crippen LogP) is 4.39. The van der Waals surface area contributed by atoms with E-state index in [-0.39, 0.29) is 30.6 Å². The molecule has 2 aromatic rings. The number of fused-ring (bicyclic) bond motifs is 1. The molecule has 1 aliphatic rings. The average Bonchev–Trinajstić information content (AvgIpc) is 3.19. The van der Waals surface area contributed by atoms with Crippen LogP contribution in [0.2, 0.25) is 0 Å². The highest BCUT2D eigenvalue weighted by Gasteiger charge is 2.19. The highest BCUT2D eigenvalue weighted by atomic mass is 32.1. The molecule has 0 saturated carbocycles. The summed E-state index contributed by atoms with van der Waals surface area (Å²) >= 11 is 1.64. The molecule has 0 bridgehead atoms. The van der Waals surface area contributed by atoms with Crippen molar-refractivity contribution in [1.29, 1.82) is 0 Å². The first-order valence-corrected chi connectivity index (χ1v) is 10.2. The summed E-state index contributed by atoms with van der Waals surface area (Å²) in [6.07, 6.45) is 1.22. The molecular formula is C21H25NO4S. The Kier molecular flexibility index (Phi) is 6.50. The van der Waals surface area contributed by atoms with Crippen molar-refractivity contribution in [3.8, 4) is 11.5 Å². The molecule has 1 aliphatic heterocycles. The van der Waals surface area contributed by atoms with Crippen LogP contribution in [0.25, 0.3) is 0 Å². The molecule has 0 saturated heterocycles. The number of benzene rings is 1. The third-order valence-electron chi connectivity index (χ3n) is 4.37. The third kappa shape index (κ3) is 5.32. The Morgan fingerprint density at radius 1 is 1.11 bits per heavy atom. The summed E-state index contributed by atoms with van der Waals surface area (Å²) < 4.78 is 11.0. The maximum absolute atomic E-state index is 12.5. The number of ketones is 1. The molecule has 1 amide bonds. The van der Waals surface area contributed by atoms with Crippen LogP contribution in [-0.2, 0) is 4.79 Å². The van der Waals surface area contributed by atoms with E-state index in [1.165, 1.54) is 0 Å². The summed E-state index contributed by atoms with van der Waals surface area (Å²) in [4.78, 5) is 26.0. The minimum absolute atomic E-state index is 0.00175. The zero-order valence-electron chi connectivity index (χ0n) is 15.7. The number of carbonyl (C=O) groups excluding carboxylic acids is 2. The molecule has 2 heterocycles. The van der Waals surface area contributed by atoms with Gasteiger partial charge in [-0.15, -0.1) is 11.3 Å². The van der Waals surface area contributed by atoms with Crippen LogP contribution in [0.4, 0.5) is 0 Å². The second-order valence-corrected chi connectivity index (χ2v) is 8.03. The SMILES string of the molecule is CC(C)CC(NC(=O)CCC(=O)c1ccc2c(c1)OCCO2)c1cccs1. The van der Waals surface area contributed by atoms with Crippen molar-refractivity contribution in [3.05, 3.63) is 46.2 Å². The lowest BCUT2D eigenvalue weighted by molar-refractivity contribution is -0.121. The molecule has 0 spiro atoms. The number of hydrogen-bond donors (Lipinski definition) is 1. The zero-order chi connectivity index (χ0) is 19.2. The maximum Gasteiger partial charge on any atom is 0.220 e. The van der Waals surface area contributed by atoms with E-state index in [9.17, 15) is 9.59 Å². The molecule has 6 heteroatoms. The van der Waals surface area contributed by atoms with E-state index < -0.39 is 0 Å². The van der Waals surface area contributed by atoms with Crippen LogP contribution in [0, 0.1) is 5.92 Å². The first kappa shape index (κ1) is 19.4. The van der Waals surface area contributed by atoms with Gasteiger partial charge in [0.25, 0.3) is 0 Å². The molecule has 0 radical (unpaired) electrons. The van der Waals surface area contributed by atoms with Crippen molar-refractivity contribution in [2.75, 3.05) is 13.2 Å². The van der Waals surface area contributed by atoms with Crippen molar-refractivity contribution in [1.82, 2.24) is 5.32 Å². The van der Waals surface area contributed by atoms with Gasteiger partial charge in [-0.2, -0.15) is 0 Å². The van der Waals surface area contributed by atoms with E-state index in [0.717, 1.165) is 11.3 Å². The maximum atomic E-state index is 12.5. The summed E-state index contributed by atoms with van der Waals surface area (Å²) in [5, 5.41) is 5.10. The topological polar surface area (TPSA) is 64.6 Å². The van der Waals surface area contributed by atoms with Crippen LogP contribution in [0.3, 0.4) is 0 Å². The molecule has 5 nitrogen and oxygen atoms in total. The van der Waals surface area contributed by atoms with Gasteiger partial charge in [-0.3, -0.25) is 9.59 Å². The monoisotopic (exact) mass is 387 g/mol. The van der Waals surface area contributed by atoms with Gasteiger partial charge < -0.3 is 14.8 Å². The van der Waals surface area contributed by atoms with Gasteiger partial charge in [-0.05, 0) is 42.0 Å². The second kappa shape index (κ2) is 9.04. The first-order valence-electron chi connectivity index (χ1n) is 9.28. The average molecular weight is 388 g/mol. The molecule has 1 aromatic carbocycles. The van der Waals surface area contributed by atoms with E-state index >= 15 is 0 Å². The van der Waals surface area contributed by atoms with Crippen LogP contribution < -0.4 is 14.8 Å². The quantitative estimate of drug-likeness (QED) is 0.683. The van der Waals surface area contributed by atoms with E-state index in [4.69, 9.17) is 9.47 Å². The van der Waals surface area contributed by atoms with Gasteiger partial charge >= 0.3 is 0 Å². The molecule has 27 heavy (non-hydrogen) atoms. The Morgan fingerprint density at radius 2 is 1.89 bits per heavy atom. The van der Waals surface area contributed by atoms with Crippen molar-refractivity contribution < 1.29 is 19.1 Å². The second-order valence-electron chi connectivity index (χ2n) is 7.05. The van der Waals surface area contributed by atoms with Crippen LogP contribution >= 0.6 is 11.3 Å². The van der Waals surface area contributed by atoms with Gasteiger partial charge in [-0.1, -0.05) is 19.9 Å². The Morgan fingerprint density at radius 3 is 2.59 bits per heavy atom. The number of carbonyl (C=O) groups is 2. The number of rotatable bonds is 8. The minimum atomic E-state index is -0.0973. The molecule has 1 N–H and O–H groups in total. The Hall–Kier alpha value is -2.34. The fourth-order valence-electron chi connectivity index (χ4n) is 3.06. The van der Waals surface area contributed by atoms with Crippen LogP contribution in [0.5, 0.6) is 11.5 Å². The zero-order valence-corrected chi connectivity index (χ0v) is 16.5. The number of thiophene rings is 1. The van der Waals surface area contributed by atoms with E-state index in [2.05, 4.69) is 19.2 Å². The van der Waals surface area contributed by atoms with Gasteiger partial charge in [0.1, 0.15) is 13.2 Å². The molecular weight excluding hydrogens is 362 g/mol. The number of amides is 1. The fraction of sp³-hybridized carbons (Fsp3) is 0.429. The third-order valence-corrected chi connectivity index (χ3v) is 5.36. The lowest BCUT2D eigenvalue weighted by Crippen LogP contribution is -2.29. The van der Waals surface area contributed by atoms with E-state index in [1.807, 2.05) is 17.5 Å². The predicted molar refractivity (Wildman–Crippen MR) is 106 cm³/mol. The summed E-state index contributed by atoms with van der Waals surface area (Å²) in [6, 6.07) is 9.20. The van der Waals surface area contributed by atoms with E-state index in [0.29, 0.717) is 36.2 Å². The Balaban J connectivity index is 1.55. The molecule has 1 atom stereocenters. The summed E-state index contributed by atoms with van der Waals surface area (Å²) in [6.45, 7) is 5.27. The van der Waals surface area contributed by atoms with Crippen LogP contribution in [0.15, 0.2) is 35.7 Å². The minimum Gasteiger partial charge on any atom is -0.486 e. The molecule has 3 rings (SSSR count). The smallest absolute Gasteiger partial charge is 0.220 e. The van der Waals surface area contributed by atoms with Gasteiger partial charge in [0, 0.05) is 23.3 Å². The summed E-state index contributed by atoms with van der Waals surface area (Å²) in [5.74, 6) is 1.55. The number of hydrogen-bond acceptors (Lipinski definition) is 5. The van der Waals surface area contributed by atoms with Crippen molar-refractivity contribution in [3.63, 3.8) is 0 Å². The number of nitrogens with one attached hydrogen (secondary N) is 1. The number of ether oxygens (including phenoxy) is 2. The van der Waals surface area contributed by atoms with Gasteiger partial charge in [0.05, 0.1) is 6.04 Å². The molecule has 144 valence electrons. The Labute approximate surface area is 163 Å². The van der Waals surface area contributed by atoms with Crippen LogP contribution in [-0.4, -0.2) is 24.9 Å². The fourth-order valence-corrected chi connectivity index (χ4v) is 3.85. The van der Waals surface area contributed by atoms with Crippen molar-refractivity contribution in [2.45, 2.75) is 39.2 Å². The number of Topliss-reactive ketones (excluding diaryl/α,β-unsaturated/α-hetero) is 1. The van der Waals surface area contributed by atoms with Crippen molar-refractivity contribution in [2.24, 2.45) is 5.92 Å². The van der Waals surface area contributed by atoms with Gasteiger partial charge in [-0.25, -0.2) is 0 Å². The summed E-state index contributed by atoms with van der Waals surface area (Å²) in [5.41, 5.74) is 0.545. The lowest BCUT2D eigenvalue weighted by Gasteiger charge is -2.20.